The minimum Gasteiger partial charge on any atom is -0.480 e. The molecule has 0 heterocycles. The van der Waals surface area contributed by atoms with E-state index in [0.717, 1.165) is 77.0 Å². The predicted octanol–water partition coefficient (Wildman–Crippen LogP) is 12.8. The van der Waals surface area contributed by atoms with Gasteiger partial charge in [-0.15, -0.1) is 0 Å². The van der Waals surface area contributed by atoms with Crippen LogP contribution >= 0.6 is 0 Å². The lowest BCUT2D eigenvalue weighted by Crippen LogP contribution is -2.28. The van der Waals surface area contributed by atoms with Crippen LogP contribution in [0.1, 0.15) is 194 Å². The third-order valence-corrected chi connectivity index (χ3v) is 8.91. The largest absolute Gasteiger partial charge is 0.480 e. The normalized spacial score (nSPS) is 12.7. The second-order valence-corrected chi connectivity index (χ2v) is 13.9. The Hall–Kier alpha value is -2.89. The molecule has 6 nitrogen and oxygen atoms in total. The number of carbonyl (C=O) groups is 3. The van der Waals surface area contributed by atoms with Crippen LogP contribution < -0.4 is 5.32 Å². The molecular formula is C45H77NO5. The third-order valence-electron chi connectivity index (χ3n) is 8.91. The number of ether oxygens (including phenoxy) is 1. The molecule has 292 valence electrons. The van der Waals surface area contributed by atoms with E-state index in [0.29, 0.717) is 12.8 Å². The summed E-state index contributed by atoms with van der Waals surface area (Å²) in [5, 5.41) is 11.1. The zero-order valence-electron chi connectivity index (χ0n) is 32.9. The number of aliphatic carboxylic acids is 1. The Morgan fingerprint density at radius 2 is 1.02 bits per heavy atom. The third kappa shape index (κ3) is 39.7. The van der Waals surface area contributed by atoms with Crippen molar-refractivity contribution in [2.24, 2.45) is 0 Å². The molecule has 2 N–H and O–H groups in total. The number of hydrogen-bond donors (Lipinski definition) is 2. The van der Waals surface area contributed by atoms with Crippen LogP contribution in [0.4, 0.5) is 0 Å². The van der Waals surface area contributed by atoms with Gasteiger partial charge in [-0.1, -0.05) is 158 Å². The fourth-order valence-corrected chi connectivity index (χ4v) is 5.83. The molecule has 0 aromatic heterocycles. The highest BCUT2D eigenvalue weighted by Crippen LogP contribution is 2.15. The fourth-order valence-electron chi connectivity index (χ4n) is 5.83. The number of carboxylic acids is 1. The first-order valence-electron chi connectivity index (χ1n) is 20.9. The van der Waals surface area contributed by atoms with Gasteiger partial charge in [-0.25, -0.2) is 0 Å². The van der Waals surface area contributed by atoms with Crippen molar-refractivity contribution in [2.75, 3.05) is 6.54 Å². The van der Waals surface area contributed by atoms with Crippen LogP contribution in [0, 0.1) is 0 Å². The molecule has 0 aliphatic carbocycles. The van der Waals surface area contributed by atoms with Gasteiger partial charge in [0.25, 0.3) is 0 Å². The summed E-state index contributed by atoms with van der Waals surface area (Å²) < 4.78 is 5.91. The molecule has 0 bridgehead atoms. The molecule has 1 unspecified atom stereocenters. The van der Waals surface area contributed by atoms with E-state index in [9.17, 15) is 14.4 Å². The van der Waals surface area contributed by atoms with Crippen LogP contribution in [0.15, 0.2) is 60.8 Å². The van der Waals surface area contributed by atoms with Crippen LogP contribution in [-0.2, 0) is 19.1 Å². The van der Waals surface area contributed by atoms with Crippen molar-refractivity contribution in [3.05, 3.63) is 60.8 Å². The van der Waals surface area contributed by atoms with Gasteiger partial charge in [0.1, 0.15) is 12.6 Å². The van der Waals surface area contributed by atoms with Crippen molar-refractivity contribution in [1.82, 2.24) is 5.32 Å². The molecule has 0 aromatic rings. The van der Waals surface area contributed by atoms with E-state index >= 15 is 0 Å². The summed E-state index contributed by atoms with van der Waals surface area (Å²) in [5.74, 6) is -1.34. The lowest BCUT2D eigenvalue weighted by Gasteiger charge is -2.14. The number of rotatable bonds is 37. The van der Waals surface area contributed by atoms with Gasteiger partial charge in [0.2, 0.25) is 5.91 Å². The monoisotopic (exact) mass is 712 g/mol. The molecule has 0 saturated heterocycles. The zero-order valence-corrected chi connectivity index (χ0v) is 32.9. The summed E-state index contributed by atoms with van der Waals surface area (Å²) in [5.41, 5.74) is 0. The first-order chi connectivity index (χ1) is 25.0. The maximum Gasteiger partial charge on any atom is 0.322 e. The first kappa shape index (κ1) is 48.1. The van der Waals surface area contributed by atoms with Crippen molar-refractivity contribution in [1.29, 1.82) is 0 Å². The number of carbonyl (C=O) groups excluding carboxylic acids is 2. The quantitative estimate of drug-likeness (QED) is 0.0380. The van der Waals surface area contributed by atoms with E-state index in [2.05, 4.69) is 73.8 Å². The SMILES string of the molecule is CC/C=C\C/C=C\C/C=C\C/C=C\C(CCCCCCCC(=O)NCC(=O)O)OC(=O)CCCCCCCCC/C=C\CCCCCCCCC. The summed E-state index contributed by atoms with van der Waals surface area (Å²) in [4.78, 5) is 34.9. The van der Waals surface area contributed by atoms with Crippen LogP contribution in [-0.4, -0.2) is 35.6 Å². The zero-order chi connectivity index (χ0) is 37.3. The summed E-state index contributed by atoms with van der Waals surface area (Å²) in [6, 6.07) is 0. The number of allylic oxidation sites excluding steroid dienone is 9. The Morgan fingerprint density at radius 1 is 0.549 bits per heavy atom. The van der Waals surface area contributed by atoms with Crippen molar-refractivity contribution in [2.45, 2.75) is 200 Å². The second kappa shape index (κ2) is 39.9. The molecule has 0 rings (SSSR count). The van der Waals surface area contributed by atoms with Gasteiger partial charge in [-0.2, -0.15) is 0 Å². The molecule has 1 amide bonds. The number of unbranched alkanes of at least 4 members (excludes halogenated alkanes) is 18. The topological polar surface area (TPSA) is 92.7 Å². The Labute approximate surface area is 313 Å². The Morgan fingerprint density at radius 3 is 1.57 bits per heavy atom. The molecule has 51 heavy (non-hydrogen) atoms. The van der Waals surface area contributed by atoms with Crippen molar-refractivity contribution in [3.63, 3.8) is 0 Å². The van der Waals surface area contributed by atoms with Gasteiger partial charge in [0, 0.05) is 12.8 Å². The molecule has 0 fully saturated rings. The Balaban J connectivity index is 4.24. The molecule has 0 saturated carbocycles. The predicted molar refractivity (Wildman–Crippen MR) is 217 cm³/mol. The Kier molecular flexibility index (Phi) is 37.6. The summed E-state index contributed by atoms with van der Waals surface area (Å²) in [7, 11) is 0. The fraction of sp³-hybridized carbons (Fsp3) is 0.711. The molecule has 0 radical (unpaired) electrons. The number of esters is 1. The highest BCUT2D eigenvalue weighted by Gasteiger charge is 2.11. The number of nitrogens with one attached hydrogen (secondary N) is 1. The molecule has 0 spiro atoms. The lowest BCUT2D eigenvalue weighted by molar-refractivity contribution is -0.147. The number of hydrogen-bond acceptors (Lipinski definition) is 4. The lowest BCUT2D eigenvalue weighted by atomic mass is 10.1. The van der Waals surface area contributed by atoms with Crippen LogP contribution in [0.25, 0.3) is 0 Å². The minimum absolute atomic E-state index is 0.0990. The number of carboxylic acid groups (broad SMARTS) is 1. The maximum atomic E-state index is 12.7. The maximum absolute atomic E-state index is 12.7. The van der Waals surface area contributed by atoms with E-state index in [1.165, 1.54) is 89.9 Å². The van der Waals surface area contributed by atoms with Gasteiger partial charge in [0.15, 0.2) is 0 Å². The Bertz CT molecular complexity index is 964. The molecule has 0 aliphatic rings. The van der Waals surface area contributed by atoms with Crippen molar-refractivity contribution in [3.8, 4) is 0 Å². The molecular weight excluding hydrogens is 634 g/mol. The summed E-state index contributed by atoms with van der Waals surface area (Å²) >= 11 is 0. The minimum atomic E-state index is -1.03. The van der Waals surface area contributed by atoms with E-state index in [4.69, 9.17) is 9.84 Å². The number of amides is 1. The van der Waals surface area contributed by atoms with Crippen LogP contribution in [0.3, 0.4) is 0 Å². The molecule has 6 heteroatoms. The smallest absolute Gasteiger partial charge is 0.322 e. The first-order valence-corrected chi connectivity index (χ1v) is 20.9. The van der Waals surface area contributed by atoms with Gasteiger partial charge < -0.3 is 15.2 Å². The van der Waals surface area contributed by atoms with Crippen LogP contribution in [0.5, 0.6) is 0 Å². The summed E-state index contributed by atoms with van der Waals surface area (Å²) in [6.07, 6.45) is 52.2. The average Bonchev–Trinajstić information content (AvgIpc) is 3.11. The van der Waals surface area contributed by atoms with Crippen molar-refractivity contribution >= 4 is 17.8 Å². The van der Waals surface area contributed by atoms with E-state index in [1.807, 2.05) is 6.08 Å². The molecule has 0 aromatic carbocycles. The van der Waals surface area contributed by atoms with Gasteiger partial charge >= 0.3 is 11.9 Å². The standard InChI is InChI=1S/C45H77NO5/c1-3-5-7-9-11-13-15-16-17-18-19-20-21-23-25-27-32-36-40-45(50)51-42(37-33-29-26-24-22-14-12-10-8-6-4-2)38-34-30-28-31-35-39-43(47)46-41-44(48)49/h6,8,12,14,17-18,24,26,33,37,42H,3-5,7,9-11,13,15-16,19-23,25,27-32,34-36,38-41H2,1-2H3,(H,46,47)(H,48,49)/b8-6-,14-12-,18-17-,26-24-,37-33-. The molecule has 0 aliphatic heterocycles. The van der Waals surface area contributed by atoms with E-state index in [1.54, 1.807) is 0 Å². The molecule has 1 atom stereocenters. The van der Waals surface area contributed by atoms with Crippen LogP contribution in [0.2, 0.25) is 0 Å². The van der Waals surface area contributed by atoms with Gasteiger partial charge in [-0.05, 0) is 83.1 Å². The van der Waals surface area contributed by atoms with E-state index < -0.39 is 5.97 Å². The highest BCUT2D eigenvalue weighted by atomic mass is 16.5. The highest BCUT2D eigenvalue weighted by molar-refractivity contribution is 5.80. The van der Waals surface area contributed by atoms with Gasteiger partial charge in [-0.3, -0.25) is 14.4 Å². The van der Waals surface area contributed by atoms with E-state index in [-0.39, 0.29) is 24.5 Å². The van der Waals surface area contributed by atoms with Crippen molar-refractivity contribution < 1.29 is 24.2 Å². The summed E-state index contributed by atoms with van der Waals surface area (Å²) in [6.45, 7) is 4.09. The average molecular weight is 712 g/mol. The van der Waals surface area contributed by atoms with Gasteiger partial charge in [0.05, 0.1) is 0 Å². The second-order valence-electron chi connectivity index (χ2n) is 13.9.